The second kappa shape index (κ2) is 7.04. The maximum absolute atomic E-state index is 12.8. The van der Waals surface area contributed by atoms with Gasteiger partial charge in [-0.05, 0) is 38.2 Å². The number of rotatable bonds is 6. The van der Waals surface area contributed by atoms with Gasteiger partial charge in [0.2, 0.25) is 0 Å². The second-order valence-corrected chi connectivity index (χ2v) is 10.2. The minimum atomic E-state index is -3.35. The van der Waals surface area contributed by atoms with Crippen molar-refractivity contribution < 1.29 is 18.3 Å². The number of sulfone groups is 1. The number of nitrogens with zero attached hydrogens (tertiary/aromatic N) is 4. The number of aliphatic carboxylic acids is 1. The molecule has 1 saturated carbocycles. The molecule has 150 valence electrons. The van der Waals surface area contributed by atoms with Crippen LogP contribution in [0.4, 0.5) is 5.82 Å². The molecule has 0 spiro atoms. The van der Waals surface area contributed by atoms with Crippen LogP contribution in [0.3, 0.4) is 0 Å². The predicted octanol–water partition coefficient (Wildman–Crippen LogP) is 2.09. The van der Waals surface area contributed by atoms with E-state index in [0.29, 0.717) is 17.2 Å². The highest BCUT2D eigenvalue weighted by atomic mass is 35.5. The molecular weight excluding hydrogens is 404 g/mol. The van der Waals surface area contributed by atoms with Crippen LogP contribution in [0, 0.1) is 12.8 Å². The van der Waals surface area contributed by atoms with Gasteiger partial charge in [0.15, 0.2) is 9.84 Å². The van der Waals surface area contributed by atoms with E-state index in [1.807, 2.05) is 0 Å². The molecule has 2 aliphatic rings. The van der Waals surface area contributed by atoms with Crippen LogP contribution >= 0.6 is 11.6 Å². The van der Waals surface area contributed by atoms with E-state index in [0.717, 1.165) is 12.8 Å². The van der Waals surface area contributed by atoms with Gasteiger partial charge in [-0.3, -0.25) is 0 Å². The lowest BCUT2D eigenvalue weighted by Crippen LogP contribution is -2.37. The number of pyridine rings is 1. The quantitative estimate of drug-likeness (QED) is 0.707. The van der Waals surface area contributed by atoms with Gasteiger partial charge >= 0.3 is 5.97 Å². The summed E-state index contributed by atoms with van der Waals surface area (Å²) in [4.78, 5) is 17.5. The van der Waals surface area contributed by atoms with Gasteiger partial charge < -0.3 is 10.0 Å². The molecule has 1 aliphatic heterocycles. The molecule has 2 fully saturated rings. The molecule has 2 aromatic rings. The van der Waals surface area contributed by atoms with E-state index in [1.165, 1.54) is 0 Å². The molecule has 0 radical (unpaired) electrons. The Bertz CT molecular complexity index is 1020. The smallest absolute Gasteiger partial charge is 0.326 e. The summed E-state index contributed by atoms with van der Waals surface area (Å²) in [6.45, 7) is 1.94. The molecule has 1 aliphatic carbocycles. The van der Waals surface area contributed by atoms with Gasteiger partial charge in [-0.2, -0.15) is 5.10 Å². The predicted molar refractivity (Wildman–Crippen MR) is 105 cm³/mol. The highest BCUT2D eigenvalue weighted by Gasteiger charge is 2.45. The first-order valence-electron chi connectivity index (χ1n) is 9.14. The van der Waals surface area contributed by atoms with Crippen LogP contribution in [0.25, 0.3) is 5.69 Å². The Hall–Kier alpha value is -2.13. The molecule has 0 unspecified atom stereocenters. The fraction of sp³-hybridized carbons (Fsp3) is 0.500. The Morgan fingerprint density at radius 2 is 2.11 bits per heavy atom. The third-order valence-electron chi connectivity index (χ3n) is 5.28. The minimum absolute atomic E-state index is 0.0751. The number of carbonyl (C=O) groups is 1. The van der Waals surface area contributed by atoms with Crippen molar-refractivity contribution in [2.24, 2.45) is 5.92 Å². The first kappa shape index (κ1) is 19.2. The van der Waals surface area contributed by atoms with Crippen LogP contribution in [0.1, 0.15) is 25.0 Å². The Balaban J connectivity index is 1.70. The minimum Gasteiger partial charge on any atom is -0.480 e. The normalized spacial score (nSPS) is 22.6. The Kier molecular flexibility index (Phi) is 4.83. The van der Waals surface area contributed by atoms with Crippen LogP contribution in [0.15, 0.2) is 24.4 Å². The number of anilines is 1. The van der Waals surface area contributed by atoms with Crippen molar-refractivity contribution in [1.82, 2.24) is 14.8 Å². The molecule has 0 bridgehead atoms. The maximum Gasteiger partial charge on any atom is 0.326 e. The largest absolute Gasteiger partial charge is 0.480 e. The van der Waals surface area contributed by atoms with Crippen molar-refractivity contribution in [3.8, 4) is 5.69 Å². The fourth-order valence-electron chi connectivity index (χ4n) is 3.70. The molecule has 3 heterocycles. The summed E-state index contributed by atoms with van der Waals surface area (Å²) in [5.74, 6) is -0.122. The monoisotopic (exact) mass is 424 g/mol. The number of hydrogen-bond acceptors (Lipinski definition) is 6. The molecule has 0 aromatic carbocycles. The van der Waals surface area contributed by atoms with Crippen LogP contribution in [-0.4, -0.2) is 57.8 Å². The summed E-state index contributed by atoms with van der Waals surface area (Å²) in [6.07, 6.45) is 3.49. The summed E-state index contributed by atoms with van der Waals surface area (Å²) >= 11 is 5.99. The van der Waals surface area contributed by atoms with E-state index >= 15 is 0 Å². The van der Waals surface area contributed by atoms with E-state index in [9.17, 15) is 18.3 Å². The fourth-order valence-corrected chi connectivity index (χ4v) is 5.99. The van der Waals surface area contributed by atoms with E-state index in [2.05, 4.69) is 10.1 Å². The van der Waals surface area contributed by atoms with Crippen LogP contribution in [0.2, 0.25) is 5.15 Å². The van der Waals surface area contributed by atoms with Gasteiger partial charge in [0.1, 0.15) is 17.0 Å². The van der Waals surface area contributed by atoms with E-state index in [1.54, 1.807) is 40.9 Å². The molecule has 1 saturated heterocycles. The lowest BCUT2D eigenvalue weighted by molar-refractivity contribution is -0.138. The average molecular weight is 425 g/mol. The summed E-state index contributed by atoms with van der Waals surface area (Å²) in [7, 11) is -3.35. The zero-order chi connectivity index (χ0) is 20.1. The molecule has 4 rings (SSSR count). The lowest BCUT2D eigenvalue weighted by Gasteiger charge is -2.24. The number of halogens is 1. The molecule has 1 N–H and O–H groups in total. The molecular formula is C18H21ClN4O4S. The molecule has 2 atom stereocenters. The van der Waals surface area contributed by atoms with Crippen molar-refractivity contribution in [3.63, 3.8) is 0 Å². The van der Waals surface area contributed by atoms with E-state index in [4.69, 9.17) is 11.6 Å². The number of aryl methyl sites for hydroxylation is 1. The van der Waals surface area contributed by atoms with Crippen molar-refractivity contribution >= 4 is 33.2 Å². The first-order chi connectivity index (χ1) is 13.2. The third-order valence-corrected chi connectivity index (χ3v) is 7.78. The van der Waals surface area contributed by atoms with Gasteiger partial charge in [0.25, 0.3) is 0 Å². The topological polar surface area (TPSA) is 105 Å². The third kappa shape index (κ3) is 3.73. The van der Waals surface area contributed by atoms with Gasteiger partial charge in [0.05, 0.1) is 22.4 Å². The highest BCUT2D eigenvalue weighted by molar-refractivity contribution is 7.92. The first-order valence-corrected chi connectivity index (χ1v) is 11.2. The standard InChI is InChI=1S/C18H21ClN4O4S/c1-11-6-17(23(21-11)13-4-5-20-16(19)7-13)22-9-14(8-15(22)18(24)25)28(26,27)10-12-2-3-12/h4-7,12,14-15H,2-3,8-10H2,1H3,(H,24,25)/t14-,15-/m1/s1. The van der Waals surface area contributed by atoms with E-state index < -0.39 is 27.1 Å². The Morgan fingerprint density at radius 1 is 1.36 bits per heavy atom. The Morgan fingerprint density at radius 3 is 2.75 bits per heavy atom. The van der Waals surface area contributed by atoms with Crippen molar-refractivity contribution in [2.75, 3.05) is 17.2 Å². The zero-order valence-electron chi connectivity index (χ0n) is 15.3. The molecule has 10 heteroatoms. The van der Waals surface area contributed by atoms with Crippen molar-refractivity contribution in [2.45, 2.75) is 37.5 Å². The molecule has 0 amide bonds. The number of aromatic nitrogens is 3. The maximum atomic E-state index is 12.8. The molecule has 2 aromatic heterocycles. The lowest BCUT2D eigenvalue weighted by atomic mass is 10.2. The zero-order valence-corrected chi connectivity index (χ0v) is 16.9. The van der Waals surface area contributed by atoms with Gasteiger partial charge in [-0.15, -0.1) is 0 Å². The van der Waals surface area contributed by atoms with Gasteiger partial charge in [-0.25, -0.2) is 22.9 Å². The Labute approximate surface area is 168 Å². The molecule has 28 heavy (non-hydrogen) atoms. The summed E-state index contributed by atoms with van der Waals surface area (Å²) in [5, 5.41) is 13.8. The number of carboxylic acids is 1. The molecule has 8 nitrogen and oxygen atoms in total. The second-order valence-electron chi connectivity index (χ2n) is 7.53. The average Bonchev–Trinajstić information content (AvgIpc) is 3.16. The summed E-state index contributed by atoms with van der Waals surface area (Å²) in [5.41, 5.74) is 1.33. The van der Waals surface area contributed by atoms with Crippen LogP contribution in [0.5, 0.6) is 0 Å². The summed E-state index contributed by atoms with van der Waals surface area (Å²) < 4.78 is 27.1. The number of hydrogen-bond donors (Lipinski definition) is 1. The van der Waals surface area contributed by atoms with E-state index in [-0.39, 0.29) is 29.8 Å². The van der Waals surface area contributed by atoms with Crippen LogP contribution in [-0.2, 0) is 14.6 Å². The van der Waals surface area contributed by atoms with Gasteiger partial charge in [-0.1, -0.05) is 11.6 Å². The SMILES string of the molecule is Cc1cc(N2C[C@H](S(=O)(=O)CC3CC3)C[C@@H]2C(=O)O)n(-c2ccnc(Cl)c2)n1. The van der Waals surface area contributed by atoms with Crippen LogP contribution < -0.4 is 4.90 Å². The highest BCUT2D eigenvalue weighted by Crippen LogP contribution is 2.36. The van der Waals surface area contributed by atoms with Gasteiger partial charge in [0, 0.05) is 24.9 Å². The summed E-state index contributed by atoms with van der Waals surface area (Å²) in [6, 6.07) is 4.19. The van der Waals surface area contributed by atoms with Crippen molar-refractivity contribution in [1.29, 1.82) is 0 Å². The number of carboxylic acid groups (broad SMARTS) is 1. The van der Waals surface area contributed by atoms with Crippen molar-refractivity contribution in [3.05, 3.63) is 35.2 Å².